The van der Waals surface area contributed by atoms with E-state index in [9.17, 15) is 0 Å². The second kappa shape index (κ2) is 22.2. The Bertz CT molecular complexity index is 773. The van der Waals surface area contributed by atoms with E-state index in [4.69, 9.17) is 105 Å². The fourth-order valence-electron chi connectivity index (χ4n) is 0. The quantitative estimate of drug-likeness (QED) is 0.0842. The van der Waals surface area contributed by atoms with Gasteiger partial charge in [0.15, 0.2) is 0 Å². The molecule has 0 atom stereocenters. The summed E-state index contributed by atoms with van der Waals surface area (Å²) in [6, 6.07) is 0. The molecule has 0 aliphatic heterocycles. The SMILES string of the molecule is O=S(=O)(O)O.O=S(=O)(O)O.O=S(=O)(O)O.O=S(=O)(O)O.O=S(=O)(O)O.O=S(=O)(O)O.[Fe].[H-].[Na+]. The topological polar surface area (TPSA) is 448 Å². The Morgan fingerprint density at radius 2 is 0.281 bits per heavy atom. The smallest absolute Gasteiger partial charge is 1.00 e. The fraction of sp³-hybridized carbons (Fsp3) is 0. The Kier molecular flexibility index (Phi) is 37.4. The second-order valence-electron chi connectivity index (χ2n) is 2.69. The predicted octanol–water partition coefficient (Wildman–Crippen LogP) is -6.80. The van der Waals surface area contributed by atoms with Gasteiger partial charge in [0, 0.05) is 17.1 Å². The van der Waals surface area contributed by atoms with E-state index in [1.807, 2.05) is 0 Å². The van der Waals surface area contributed by atoms with Gasteiger partial charge in [-0.3, -0.25) is 54.6 Å². The average molecular weight is 668 g/mol. The Morgan fingerprint density at radius 3 is 0.281 bits per heavy atom. The first-order valence-electron chi connectivity index (χ1n) is 4.19. The second-order valence-corrected chi connectivity index (χ2v) is 8.06. The van der Waals surface area contributed by atoms with E-state index >= 15 is 0 Å². The molecule has 0 amide bonds. The van der Waals surface area contributed by atoms with Gasteiger partial charge in [0.05, 0.1) is 0 Å². The molecule has 0 rings (SSSR count). The molecule has 0 aromatic carbocycles. The van der Waals surface area contributed by atoms with E-state index in [-0.39, 0.29) is 48.1 Å². The Balaban J connectivity index is -0.0000000294. The minimum atomic E-state index is -4.67. The number of hydrogen-bond donors (Lipinski definition) is 12. The van der Waals surface area contributed by atoms with Crippen molar-refractivity contribution < 1.29 is 153 Å². The van der Waals surface area contributed by atoms with Crippen molar-refractivity contribution in [2.24, 2.45) is 0 Å². The van der Waals surface area contributed by atoms with Crippen molar-refractivity contribution in [2.75, 3.05) is 0 Å². The van der Waals surface area contributed by atoms with Gasteiger partial charge in [-0.25, -0.2) is 0 Å². The van der Waals surface area contributed by atoms with Crippen LogP contribution in [0.1, 0.15) is 1.43 Å². The zero-order valence-electron chi connectivity index (χ0n) is 15.1. The molecule has 0 fully saturated rings. The van der Waals surface area contributed by atoms with Gasteiger partial charge < -0.3 is 1.43 Å². The van der Waals surface area contributed by atoms with Crippen LogP contribution < -0.4 is 29.6 Å². The Labute approximate surface area is 214 Å². The summed E-state index contributed by atoms with van der Waals surface area (Å²) in [7, 11) is -28.0. The van der Waals surface area contributed by atoms with Crippen molar-refractivity contribution in [1.82, 2.24) is 0 Å². The van der Waals surface area contributed by atoms with Crippen molar-refractivity contribution in [3.8, 4) is 0 Å². The van der Waals surface area contributed by atoms with E-state index in [2.05, 4.69) is 0 Å². The summed E-state index contributed by atoms with van der Waals surface area (Å²) in [5.41, 5.74) is 0. The maximum absolute atomic E-state index is 8.74. The third-order valence-electron chi connectivity index (χ3n) is 0. The van der Waals surface area contributed by atoms with Gasteiger partial charge in [-0.1, -0.05) is 0 Å². The molecule has 24 nitrogen and oxygen atoms in total. The van der Waals surface area contributed by atoms with Crippen LogP contribution in [-0.2, 0) is 79.5 Å². The zero-order chi connectivity index (χ0) is 27.0. The summed E-state index contributed by atoms with van der Waals surface area (Å²) in [6.07, 6.45) is 0. The van der Waals surface area contributed by atoms with Gasteiger partial charge in [0.2, 0.25) is 0 Å². The van der Waals surface area contributed by atoms with E-state index < -0.39 is 62.4 Å². The summed E-state index contributed by atoms with van der Waals surface area (Å²) in [4.78, 5) is 0. The molecule has 0 saturated heterocycles. The standard InChI is InChI=1S/Fe.Na.6H2O4S.H/c;;6*1-5(2,3)4;/h;;6*(H2,1,2,3,4);/q;+1;;;;;;;-1. The maximum Gasteiger partial charge on any atom is 1.00 e. The van der Waals surface area contributed by atoms with Crippen molar-refractivity contribution in [2.45, 2.75) is 0 Å². The summed E-state index contributed by atoms with van der Waals surface area (Å²) in [6.45, 7) is 0. The van der Waals surface area contributed by atoms with Crippen LogP contribution in [-0.4, -0.2) is 105 Å². The van der Waals surface area contributed by atoms with Crippen molar-refractivity contribution >= 4 is 62.4 Å². The summed E-state index contributed by atoms with van der Waals surface area (Å²) in [5, 5.41) is 0. The van der Waals surface area contributed by atoms with Crippen LogP contribution in [0, 0.1) is 0 Å². The molecule has 0 spiro atoms. The number of hydrogen-bond acceptors (Lipinski definition) is 12. The normalized spacial score (nSPS) is 10.9. The van der Waals surface area contributed by atoms with E-state index in [0.717, 1.165) is 0 Å². The first-order valence-corrected chi connectivity index (χ1v) is 12.6. The van der Waals surface area contributed by atoms with Crippen molar-refractivity contribution in [3.05, 3.63) is 0 Å². The third kappa shape index (κ3) is 49700. The monoisotopic (exact) mass is 668 g/mol. The molecule has 32 heteroatoms. The Morgan fingerprint density at radius 1 is 0.281 bits per heavy atom. The molecular weight excluding hydrogens is 655 g/mol. The van der Waals surface area contributed by atoms with Gasteiger partial charge in [-0.15, -0.1) is 0 Å². The molecule has 0 radical (unpaired) electrons. The van der Waals surface area contributed by atoms with Gasteiger partial charge in [-0.2, -0.15) is 50.5 Å². The van der Waals surface area contributed by atoms with Crippen molar-refractivity contribution in [3.63, 3.8) is 0 Å². The first-order chi connectivity index (χ1) is 12.0. The van der Waals surface area contributed by atoms with E-state index in [1.54, 1.807) is 0 Å². The largest absolute Gasteiger partial charge is 1.00 e. The first kappa shape index (κ1) is 53.9. The van der Waals surface area contributed by atoms with Crippen molar-refractivity contribution in [1.29, 1.82) is 0 Å². The zero-order valence-corrected chi connectivity index (χ0v) is 22.1. The van der Waals surface area contributed by atoms with Crippen LogP contribution in [0.15, 0.2) is 0 Å². The summed E-state index contributed by atoms with van der Waals surface area (Å²) in [5.74, 6) is 0. The molecule has 0 aromatic rings. The third-order valence-corrected chi connectivity index (χ3v) is 0. The van der Waals surface area contributed by atoms with Gasteiger partial charge in [0.25, 0.3) is 0 Å². The molecule has 0 aliphatic rings. The maximum atomic E-state index is 8.74. The van der Waals surface area contributed by atoms with Crippen LogP contribution >= 0.6 is 0 Å². The molecule has 0 saturated carbocycles. The molecular formula is H13FeNaO24S6. The van der Waals surface area contributed by atoms with Crippen LogP contribution in [0.4, 0.5) is 0 Å². The molecule has 0 unspecified atom stereocenters. The number of rotatable bonds is 0. The summed E-state index contributed by atoms with van der Waals surface area (Å²) >= 11 is 0. The van der Waals surface area contributed by atoms with E-state index in [0.29, 0.717) is 0 Å². The van der Waals surface area contributed by atoms with Crippen LogP contribution in [0.5, 0.6) is 0 Å². The average Bonchev–Trinajstić information content (AvgIpc) is 1.94. The molecule has 202 valence electrons. The van der Waals surface area contributed by atoms with Gasteiger partial charge in [-0.05, 0) is 0 Å². The van der Waals surface area contributed by atoms with Gasteiger partial charge in [0.1, 0.15) is 0 Å². The molecule has 12 N–H and O–H groups in total. The van der Waals surface area contributed by atoms with Crippen LogP contribution in [0.25, 0.3) is 0 Å². The summed E-state index contributed by atoms with van der Waals surface area (Å²) < 4.78 is 190. The Hall–Kier alpha value is 0.739. The molecule has 0 aromatic heterocycles. The van der Waals surface area contributed by atoms with E-state index in [1.165, 1.54) is 0 Å². The minimum absolute atomic E-state index is 0. The molecule has 0 heterocycles. The molecule has 0 aliphatic carbocycles. The van der Waals surface area contributed by atoms with Crippen LogP contribution in [0.3, 0.4) is 0 Å². The predicted molar refractivity (Wildman–Crippen MR) is 86.2 cm³/mol. The van der Waals surface area contributed by atoms with Crippen LogP contribution in [0.2, 0.25) is 0 Å². The molecule has 32 heavy (non-hydrogen) atoms. The van der Waals surface area contributed by atoms with Gasteiger partial charge >= 0.3 is 92.0 Å². The minimum Gasteiger partial charge on any atom is -1.00 e. The fourth-order valence-corrected chi connectivity index (χ4v) is 0. The molecule has 0 bridgehead atoms.